The highest BCUT2D eigenvalue weighted by Crippen LogP contribution is 2.23. The minimum absolute atomic E-state index is 0.117. The number of aromatic nitrogens is 1. The molecule has 0 spiro atoms. The van der Waals surface area contributed by atoms with Crippen molar-refractivity contribution in [2.45, 2.75) is 30.7 Å². The van der Waals surface area contributed by atoms with Crippen LogP contribution in [0.3, 0.4) is 0 Å². The zero-order valence-electron chi connectivity index (χ0n) is 11.8. The number of pyridine rings is 1. The molecule has 0 aromatic carbocycles. The molecule has 1 unspecified atom stereocenters. The van der Waals surface area contributed by atoms with E-state index in [0.29, 0.717) is 24.8 Å². The molecule has 2 N–H and O–H groups in total. The Labute approximate surface area is 120 Å². The van der Waals surface area contributed by atoms with Crippen molar-refractivity contribution < 1.29 is 13.2 Å². The summed E-state index contributed by atoms with van der Waals surface area (Å²) < 4.78 is 32.9. The van der Waals surface area contributed by atoms with Gasteiger partial charge in [0, 0.05) is 38.7 Å². The van der Waals surface area contributed by atoms with Crippen molar-refractivity contribution >= 4 is 15.7 Å². The molecule has 1 atom stereocenters. The summed E-state index contributed by atoms with van der Waals surface area (Å²) in [4.78, 5) is 4.08. The number of anilines is 1. The number of ether oxygens (including phenoxy) is 1. The molecule has 0 saturated carbocycles. The molecule has 7 heteroatoms. The van der Waals surface area contributed by atoms with Crippen molar-refractivity contribution in [1.82, 2.24) is 9.71 Å². The predicted molar refractivity (Wildman–Crippen MR) is 77.1 cm³/mol. The Morgan fingerprint density at radius 3 is 2.75 bits per heavy atom. The highest BCUT2D eigenvalue weighted by Gasteiger charge is 2.26. The van der Waals surface area contributed by atoms with Gasteiger partial charge in [-0.1, -0.05) is 0 Å². The lowest BCUT2D eigenvalue weighted by Crippen LogP contribution is -2.40. The fourth-order valence-electron chi connectivity index (χ4n) is 2.42. The van der Waals surface area contributed by atoms with Crippen molar-refractivity contribution in [2.24, 2.45) is 5.92 Å². The molecule has 112 valence electrons. The average molecular weight is 299 g/mol. The summed E-state index contributed by atoms with van der Waals surface area (Å²) in [7, 11) is -1.88. The molecule has 6 nitrogen and oxygen atoms in total. The van der Waals surface area contributed by atoms with Crippen LogP contribution in [0.15, 0.2) is 23.4 Å². The normalized spacial score (nSPS) is 18.7. The quantitative estimate of drug-likeness (QED) is 0.854. The first-order chi connectivity index (χ1) is 9.54. The third-order valence-corrected chi connectivity index (χ3v) is 5.24. The minimum atomic E-state index is -3.57. The average Bonchev–Trinajstić information content (AvgIpc) is 2.47. The Bertz CT molecular complexity index is 542. The highest BCUT2D eigenvalue weighted by atomic mass is 32.2. The third kappa shape index (κ3) is 3.47. The van der Waals surface area contributed by atoms with Crippen LogP contribution < -0.4 is 10.0 Å². The van der Waals surface area contributed by atoms with Gasteiger partial charge < -0.3 is 10.1 Å². The van der Waals surface area contributed by atoms with Crippen LogP contribution in [0.25, 0.3) is 0 Å². The van der Waals surface area contributed by atoms with Gasteiger partial charge in [-0.05, 0) is 31.7 Å². The maximum absolute atomic E-state index is 12.4. The van der Waals surface area contributed by atoms with Gasteiger partial charge in [-0.15, -0.1) is 0 Å². The molecular weight excluding hydrogens is 278 g/mol. The van der Waals surface area contributed by atoms with Crippen LogP contribution in [0.4, 0.5) is 5.69 Å². The van der Waals surface area contributed by atoms with Gasteiger partial charge in [0.2, 0.25) is 10.0 Å². The van der Waals surface area contributed by atoms with Crippen molar-refractivity contribution in [3.63, 3.8) is 0 Å². The molecule has 0 aliphatic carbocycles. The topological polar surface area (TPSA) is 80.3 Å². The van der Waals surface area contributed by atoms with Crippen LogP contribution >= 0.6 is 0 Å². The Hall–Kier alpha value is -1.18. The largest absolute Gasteiger partial charge is 0.387 e. The van der Waals surface area contributed by atoms with E-state index in [-0.39, 0.29) is 10.9 Å². The molecule has 1 saturated heterocycles. The molecule has 1 aromatic heterocycles. The molecular formula is C13H21N3O3S. The van der Waals surface area contributed by atoms with E-state index in [0.717, 1.165) is 12.8 Å². The first-order valence-electron chi connectivity index (χ1n) is 6.76. The van der Waals surface area contributed by atoms with Gasteiger partial charge in [0.1, 0.15) is 4.90 Å². The van der Waals surface area contributed by atoms with E-state index in [9.17, 15) is 8.42 Å². The van der Waals surface area contributed by atoms with E-state index >= 15 is 0 Å². The van der Waals surface area contributed by atoms with Gasteiger partial charge in [-0.2, -0.15) is 0 Å². The summed E-state index contributed by atoms with van der Waals surface area (Å²) in [6, 6.07) is 1.53. The number of sulfonamides is 1. The highest BCUT2D eigenvalue weighted by molar-refractivity contribution is 7.89. The lowest BCUT2D eigenvalue weighted by molar-refractivity contribution is 0.0585. The van der Waals surface area contributed by atoms with Gasteiger partial charge in [0.05, 0.1) is 5.69 Å². The van der Waals surface area contributed by atoms with E-state index < -0.39 is 10.0 Å². The second kappa shape index (κ2) is 6.51. The summed E-state index contributed by atoms with van der Waals surface area (Å²) >= 11 is 0. The predicted octanol–water partition coefficient (Wildman–Crippen LogP) is 1.22. The number of nitrogens with zero attached hydrogens (tertiary/aromatic N) is 1. The number of hydrogen-bond acceptors (Lipinski definition) is 5. The van der Waals surface area contributed by atoms with Gasteiger partial charge in [-0.3, -0.25) is 4.98 Å². The van der Waals surface area contributed by atoms with Gasteiger partial charge >= 0.3 is 0 Å². The zero-order valence-corrected chi connectivity index (χ0v) is 12.6. The molecule has 1 fully saturated rings. The maximum atomic E-state index is 12.4. The fourth-order valence-corrected chi connectivity index (χ4v) is 3.89. The van der Waals surface area contributed by atoms with Gasteiger partial charge in [-0.25, -0.2) is 13.1 Å². The number of hydrogen-bond donors (Lipinski definition) is 2. The van der Waals surface area contributed by atoms with Crippen molar-refractivity contribution in [2.75, 3.05) is 25.6 Å². The molecule has 1 aliphatic rings. The van der Waals surface area contributed by atoms with Gasteiger partial charge in [0.25, 0.3) is 0 Å². The summed E-state index contributed by atoms with van der Waals surface area (Å²) in [6.45, 7) is 3.31. The second-order valence-corrected chi connectivity index (χ2v) is 6.66. The molecule has 2 heterocycles. The monoisotopic (exact) mass is 299 g/mol. The Balaban J connectivity index is 2.14. The van der Waals surface area contributed by atoms with Crippen LogP contribution in [0.5, 0.6) is 0 Å². The summed E-state index contributed by atoms with van der Waals surface area (Å²) in [6.07, 6.45) is 4.70. The van der Waals surface area contributed by atoms with Crippen LogP contribution in [0, 0.1) is 5.92 Å². The Morgan fingerprint density at radius 2 is 2.10 bits per heavy atom. The molecule has 20 heavy (non-hydrogen) atoms. The van der Waals surface area contributed by atoms with Crippen LogP contribution in [-0.4, -0.2) is 39.7 Å². The first-order valence-corrected chi connectivity index (χ1v) is 8.25. The van der Waals surface area contributed by atoms with E-state index in [1.807, 2.05) is 6.92 Å². The zero-order chi connectivity index (χ0) is 14.6. The molecule has 2 rings (SSSR count). The minimum Gasteiger partial charge on any atom is -0.387 e. The van der Waals surface area contributed by atoms with Gasteiger partial charge in [0.15, 0.2) is 0 Å². The fraction of sp³-hybridized carbons (Fsp3) is 0.615. The lowest BCUT2D eigenvalue weighted by Gasteiger charge is -2.28. The Morgan fingerprint density at radius 1 is 1.40 bits per heavy atom. The SMILES string of the molecule is CNc1ccncc1S(=O)(=O)NC(C)C1CCOCC1. The van der Waals surface area contributed by atoms with Crippen LogP contribution in [-0.2, 0) is 14.8 Å². The van der Waals surface area contributed by atoms with Crippen LogP contribution in [0.2, 0.25) is 0 Å². The Kier molecular flexibility index (Phi) is 4.95. The van der Waals surface area contributed by atoms with E-state index in [1.54, 1.807) is 19.3 Å². The van der Waals surface area contributed by atoms with E-state index in [2.05, 4.69) is 15.0 Å². The van der Waals surface area contributed by atoms with E-state index in [1.165, 1.54) is 6.20 Å². The first kappa shape index (κ1) is 15.2. The summed E-state index contributed by atoms with van der Waals surface area (Å²) in [5.74, 6) is 0.313. The molecule has 0 radical (unpaired) electrons. The maximum Gasteiger partial charge on any atom is 0.244 e. The molecule has 1 aliphatic heterocycles. The van der Waals surface area contributed by atoms with Crippen LogP contribution in [0.1, 0.15) is 19.8 Å². The smallest absolute Gasteiger partial charge is 0.244 e. The van der Waals surface area contributed by atoms with Crippen molar-refractivity contribution in [3.8, 4) is 0 Å². The molecule has 0 amide bonds. The standard InChI is InChI=1S/C13H21N3O3S/c1-10(11-4-7-19-8-5-11)16-20(17,18)13-9-15-6-3-12(13)14-2/h3,6,9-11,16H,4-5,7-8H2,1-2H3,(H,14,15). The lowest BCUT2D eigenvalue weighted by atomic mass is 9.94. The summed E-state index contributed by atoms with van der Waals surface area (Å²) in [5.41, 5.74) is 0.548. The van der Waals surface area contributed by atoms with Crippen molar-refractivity contribution in [3.05, 3.63) is 18.5 Å². The molecule has 0 bridgehead atoms. The number of rotatable bonds is 5. The molecule has 1 aromatic rings. The van der Waals surface area contributed by atoms with Crippen molar-refractivity contribution in [1.29, 1.82) is 0 Å². The third-order valence-electron chi connectivity index (χ3n) is 3.66. The van der Waals surface area contributed by atoms with E-state index in [4.69, 9.17) is 4.74 Å². The summed E-state index contributed by atoms with van der Waals surface area (Å²) in [5, 5.41) is 2.88. The second-order valence-electron chi connectivity index (χ2n) is 4.98. The number of nitrogens with one attached hydrogen (secondary N) is 2.